The molecule has 2 aromatic carbocycles. The van der Waals surface area contributed by atoms with E-state index in [1.54, 1.807) is 39.2 Å². The molecule has 0 aliphatic carbocycles. The number of nitrogens with one attached hydrogen (secondary N) is 1. The second kappa shape index (κ2) is 7.88. The van der Waals surface area contributed by atoms with E-state index in [0.29, 0.717) is 33.5 Å². The molecular formula is C21H23NO6S. The third-order valence-corrected chi connectivity index (χ3v) is 6.52. The van der Waals surface area contributed by atoms with E-state index in [4.69, 9.17) is 13.9 Å². The smallest absolute Gasteiger partial charge is 0.336 e. The van der Waals surface area contributed by atoms with Crippen LogP contribution < -0.4 is 15.1 Å². The zero-order chi connectivity index (χ0) is 21.3. The normalized spacial score (nSPS) is 11.6. The van der Waals surface area contributed by atoms with Gasteiger partial charge in [-0.1, -0.05) is 0 Å². The van der Waals surface area contributed by atoms with Gasteiger partial charge in [-0.25, -0.2) is 13.2 Å². The van der Waals surface area contributed by atoms with E-state index in [0.717, 1.165) is 5.56 Å². The molecule has 0 fully saturated rings. The van der Waals surface area contributed by atoms with E-state index in [1.165, 1.54) is 19.2 Å². The van der Waals surface area contributed by atoms with Crippen LogP contribution in [0.1, 0.15) is 22.3 Å². The number of methoxy groups -OCH3 is 2. The lowest BCUT2D eigenvalue weighted by molar-refractivity contribution is 0.185. The Labute approximate surface area is 169 Å². The Kier molecular flexibility index (Phi) is 5.68. The molecule has 0 aliphatic heterocycles. The molecule has 0 atom stereocenters. The van der Waals surface area contributed by atoms with Gasteiger partial charge in [-0.2, -0.15) is 0 Å². The Morgan fingerprint density at radius 3 is 2.41 bits per heavy atom. The van der Waals surface area contributed by atoms with Crippen molar-refractivity contribution in [3.63, 3.8) is 0 Å². The molecule has 1 aromatic heterocycles. The van der Waals surface area contributed by atoms with Gasteiger partial charge in [0.25, 0.3) is 10.0 Å². The number of sulfonamides is 1. The molecule has 3 rings (SSSR count). The predicted octanol–water partition coefficient (Wildman–Crippen LogP) is 3.67. The van der Waals surface area contributed by atoms with Crippen LogP contribution in [0.25, 0.3) is 11.0 Å². The molecule has 8 heteroatoms. The minimum atomic E-state index is -3.87. The van der Waals surface area contributed by atoms with Crippen LogP contribution in [0, 0.1) is 20.8 Å². The maximum Gasteiger partial charge on any atom is 0.336 e. The van der Waals surface area contributed by atoms with Gasteiger partial charge in [-0.3, -0.25) is 4.72 Å². The highest BCUT2D eigenvalue weighted by Gasteiger charge is 2.23. The largest absolute Gasteiger partial charge is 0.496 e. The van der Waals surface area contributed by atoms with Crippen molar-refractivity contribution in [3.8, 4) is 5.75 Å². The Morgan fingerprint density at radius 1 is 1.03 bits per heavy atom. The van der Waals surface area contributed by atoms with Crippen LogP contribution in [-0.2, 0) is 21.4 Å². The molecule has 0 aliphatic rings. The average molecular weight is 417 g/mol. The Bertz CT molecular complexity index is 1240. The molecule has 1 N–H and O–H groups in total. The molecule has 0 saturated carbocycles. The zero-order valence-corrected chi connectivity index (χ0v) is 17.8. The first-order valence-corrected chi connectivity index (χ1v) is 10.4. The van der Waals surface area contributed by atoms with Crippen molar-refractivity contribution in [2.45, 2.75) is 32.3 Å². The summed E-state index contributed by atoms with van der Waals surface area (Å²) in [6, 6.07) is 7.88. The van der Waals surface area contributed by atoms with Crippen molar-refractivity contribution < 1.29 is 22.3 Å². The SMILES string of the molecule is COCc1cc(=O)oc2cc(NS(=O)(=O)c3c(C)cc(OC)c(C)c3C)ccc12. The molecule has 0 saturated heterocycles. The van der Waals surface area contributed by atoms with E-state index < -0.39 is 15.6 Å². The zero-order valence-electron chi connectivity index (χ0n) is 17.0. The number of rotatable bonds is 6. The minimum absolute atomic E-state index is 0.200. The summed E-state index contributed by atoms with van der Waals surface area (Å²) in [5.41, 5.74) is 2.67. The van der Waals surface area contributed by atoms with Gasteiger partial charge in [0.05, 0.1) is 24.3 Å². The van der Waals surface area contributed by atoms with Crippen molar-refractivity contribution in [1.82, 2.24) is 0 Å². The van der Waals surface area contributed by atoms with Crippen LogP contribution in [-0.4, -0.2) is 22.6 Å². The van der Waals surface area contributed by atoms with Crippen molar-refractivity contribution in [2.24, 2.45) is 0 Å². The molecule has 3 aromatic rings. The fourth-order valence-electron chi connectivity index (χ4n) is 3.42. The number of hydrogen-bond donors (Lipinski definition) is 1. The van der Waals surface area contributed by atoms with Crippen molar-refractivity contribution in [3.05, 3.63) is 63.0 Å². The molecule has 1 heterocycles. The molecule has 0 amide bonds. The van der Waals surface area contributed by atoms with Crippen LogP contribution in [0.3, 0.4) is 0 Å². The summed E-state index contributed by atoms with van der Waals surface area (Å²) >= 11 is 0. The van der Waals surface area contributed by atoms with E-state index >= 15 is 0 Å². The topological polar surface area (TPSA) is 94.8 Å². The van der Waals surface area contributed by atoms with Gasteiger partial charge in [0.1, 0.15) is 11.3 Å². The van der Waals surface area contributed by atoms with Crippen LogP contribution >= 0.6 is 0 Å². The van der Waals surface area contributed by atoms with Crippen molar-refractivity contribution in [2.75, 3.05) is 18.9 Å². The third kappa shape index (κ3) is 3.99. The Morgan fingerprint density at radius 2 is 1.76 bits per heavy atom. The predicted molar refractivity (Wildman–Crippen MR) is 111 cm³/mol. The molecule has 7 nitrogen and oxygen atoms in total. The first-order chi connectivity index (χ1) is 13.7. The fraction of sp³-hybridized carbons (Fsp3) is 0.286. The summed E-state index contributed by atoms with van der Waals surface area (Å²) in [4.78, 5) is 12.0. The fourth-order valence-corrected chi connectivity index (χ4v) is 5.00. The number of fused-ring (bicyclic) bond motifs is 1. The average Bonchev–Trinajstić information content (AvgIpc) is 2.64. The highest BCUT2D eigenvalue weighted by atomic mass is 32.2. The number of hydrogen-bond acceptors (Lipinski definition) is 6. The van der Waals surface area contributed by atoms with Crippen LogP contribution in [0.2, 0.25) is 0 Å². The summed E-state index contributed by atoms with van der Waals surface area (Å²) in [6.07, 6.45) is 0. The summed E-state index contributed by atoms with van der Waals surface area (Å²) < 4.78 is 44.5. The Balaban J connectivity index is 2.07. The van der Waals surface area contributed by atoms with Gasteiger partial charge in [-0.15, -0.1) is 0 Å². The number of benzene rings is 2. The molecule has 154 valence electrons. The van der Waals surface area contributed by atoms with E-state index in [-0.39, 0.29) is 17.1 Å². The van der Waals surface area contributed by atoms with Gasteiger partial charge in [0.2, 0.25) is 0 Å². The highest BCUT2D eigenvalue weighted by molar-refractivity contribution is 7.92. The maximum atomic E-state index is 13.1. The Hall–Kier alpha value is -2.84. The molecule has 0 spiro atoms. The summed E-state index contributed by atoms with van der Waals surface area (Å²) in [5, 5.41) is 0.682. The van der Waals surface area contributed by atoms with Crippen molar-refractivity contribution in [1.29, 1.82) is 0 Å². The quantitative estimate of drug-likeness (QED) is 0.615. The van der Waals surface area contributed by atoms with E-state index in [2.05, 4.69) is 4.72 Å². The van der Waals surface area contributed by atoms with Gasteiger partial charge < -0.3 is 13.9 Å². The second-order valence-electron chi connectivity index (χ2n) is 6.81. The molecule has 0 bridgehead atoms. The second-order valence-corrected chi connectivity index (χ2v) is 8.43. The summed E-state index contributed by atoms with van der Waals surface area (Å²) in [5.74, 6) is 0.636. The van der Waals surface area contributed by atoms with Gasteiger partial charge in [-0.05, 0) is 61.2 Å². The standard InChI is InChI=1S/C21H23NO6S/c1-12-8-18(27-5)13(2)14(3)21(12)29(24,25)22-16-6-7-17-15(11-26-4)9-20(23)28-19(17)10-16/h6-10,22H,11H2,1-5H3. The minimum Gasteiger partial charge on any atom is -0.496 e. The first-order valence-electron chi connectivity index (χ1n) is 8.91. The first kappa shape index (κ1) is 20.9. The number of anilines is 1. The molecule has 29 heavy (non-hydrogen) atoms. The summed E-state index contributed by atoms with van der Waals surface area (Å²) in [7, 11) is -0.789. The van der Waals surface area contributed by atoms with E-state index in [1.807, 2.05) is 6.92 Å². The van der Waals surface area contributed by atoms with E-state index in [9.17, 15) is 13.2 Å². The number of ether oxygens (including phenoxy) is 2. The monoisotopic (exact) mass is 417 g/mol. The highest BCUT2D eigenvalue weighted by Crippen LogP contribution is 2.32. The van der Waals surface area contributed by atoms with Crippen LogP contribution in [0.15, 0.2) is 44.4 Å². The lowest BCUT2D eigenvalue weighted by Crippen LogP contribution is -2.16. The van der Waals surface area contributed by atoms with Gasteiger partial charge >= 0.3 is 5.63 Å². The lowest BCUT2D eigenvalue weighted by Gasteiger charge is -2.17. The van der Waals surface area contributed by atoms with Gasteiger partial charge in [0.15, 0.2) is 0 Å². The molecular weight excluding hydrogens is 394 g/mol. The van der Waals surface area contributed by atoms with Crippen molar-refractivity contribution >= 4 is 26.7 Å². The lowest BCUT2D eigenvalue weighted by atomic mass is 10.1. The molecule has 0 radical (unpaired) electrons. The maximum absolute atomic E-state index is 13.1. The molecule has 0 unspecified atom stereocenters. The summed E-state index contributed by atoms with van der Waals surface area (Å²) in [6.45, 7) is 5.53. The number of aryl methyl sites for hydroxylation is 1. The third-order valence-electron chi connectivity index (χ3n) is 4.85. The van der Waals surface area contributed by atoms with Crippen LogP contribution in [0.5, 0.6) is 5.75 Å². The van der Waals surface area contributed by atoms with Gasteiger partial charge in [0, 0.05) is 24.6 Å². The van der Waals surface area contributed by atoms with Crippen LogP contribution in [0.4, 0.5) is 5.69 Å².